The first-order chi connectivity index (χ1) is 8.59. The maximum absolute atomic E-state index is 11.3. The van der Waals surface area contributed by atoms with E-state index in [9.17, 15) is 4.21 Å². The number of rotatable bonds is 5. The SMILES string of the molecule is CC(CCNc1nccc2c1ncn2C)S(C)=O. The average Bonchev–Trinajstić information content (AvgIpc) is 2.72. The number of imidazole rings is 1. The lowest BCUT2D eigenvalue weighted by Crippen LogP contribution is -2.15. The van der Waals surface area contributed by atoms with Crippen molar-refractivity contribution in [1.82, 2.24) is 14.5 Å². The zero-order chi connectivity index (χ0) is 13.1. The molecule has 1 N–H and O–H groups in total. The van der Waals surface area contributed by atoms with Gasteiger partial charge in [0.25, 0.3) is 0 Å². The molecule has 0 saturated carbocycles. The van der Waals surface area contributed by atoms with Crippen LogP contribution in [0.2, 0.25) is 0 Å². The van der Waals surface area contributed by atoms with E-state index in [1.165, 1.54) is 0 Å². The summed E-state index contributed by atoms with van der Waals surface area (Å²) in [6.07, 6.45) is 6.14. The van der Waals surface area contributed by atoms with Crippen molar-refractivity contribution in [2.24, 2.45) is 7.05 Å². The molecular weight excluding hydrogens is 248 g/mol. The highest BCUT2D eigenvalue weighted by atomic mass is 32.2. The standard InChI is InChI=1S/C12H18N4OS/c1-9(18(3)17)4-6-13-12-11-10(5-7-14-12)16(2)8-15-11/h5,7-9H,4,6H2,1-3H3,(H,13,14). The van der Waals surface area contributed by atoms with Crippen LogP contribution >= 0.6 is 0 Å². The van der Waals surface area contributed by atoms with Crippen LogP contribution in [-0.4, -0.2) is 36.8 Å². The zero-order valence-electron chi connectivity index (χ0n) is 10.9. The number of aromatic nitrogens is 3. The summed E-state index contributed by atoms with van der Waals surface area (Å²) < 4.78 is 13.2. The second-order valence-corrected chi connectivity index (χ2v) is 6.21. The molecule has 0 radical (unpaired) electrons. The van der Waals surface area contributed by atoms with Crippen LogP contribution < -0.4 is 5.32 Å². The van der Waals surface area contributed by atoms with Crippen molar-refractivity contribution in [3.05, 3.63) is 18.6 Å². The normalized spacial score (nSPS) is 14.6. The Kier molecular flexibility index (Phi) is 3.96. The second-order valence-electron chi connectivity index (χ2n) is 4.41. The van der Waals surface area contributed by atoms with Crippen molar-refractivity contribution >= 4 is 27.7 Å². The quantitative estimate of drug-likeness (QED) is 0.891. The van der Waals surface area contributed by atoms with Gasteiger partial charge in [0, 0.05) is 42.1 Å². The molecule has 0 aliphatic carbocycles. The van der Waals surface area contributed by atoms with Gasteiger partial charge < -0.3 is 9.88 Å². The predicted molar refractivity (Wildman–Crippen MR) is 75.1 cm³/mol. The first kappa shape index (κ1) is 13.0. The van der Waals surface area contributed by atoms with Crippen LogP contribution in [-0.2, 0) is 17.8 Å². The molecule has 2 aromatic heterocycles. The Labute approximate surface area is 109 Å². The van der Waals surface area contributed by atoms with Crippen LogP contribution in [0.3, 0.4) is 0 Å². The highest BCUT2D eigenvalue weighted by Crippen LogP contribution is 2.18. The maximum Gasteiger partial charge on any atom is 0.154 e. The fourth-order valence-corrected chi connectivity index (χ4v) is 2.20. The summed E-state index contributed by atoms with van der Waals surface area (Å²) in [6, 6.07) is 1.94. The first-order valence-electron chi connectivity index (χ1n) is 5.91. The van der Waals surface area contributed by atoms with E-state index >= 15 is 0 Å². The van der Waals surface area contributed by atoms with Crippen molar-refractivity contribution in [1.29, 1.82) is 0 Å². The lowest BCUT2D eigenvalue weighted by Gasteiger charge is -2.09. The summed E-state index contributed by atoms with van der Waals surface area (Å²) in [5, 5.41) is 3.46. The van der Waals surface area contributed by atoms with Crippen LogP contribution in [0.15, 0.2) is 18.6 Å². The predicted octanol–water partition coefficient (Wildman–Crippen LogP) is 1.54. The minimum Gasteiger partial charge on any atom is -0.368 e. The highest BCUT2D eigenvalue weighted by molar-refractivity contribution is 7.84. The molecule has 18 heavy (non-hydrogen) atoms. The van der Waals surface area contributed by atoms with E-state index in [0.29, 0.717) is 0 Å². The van der Waals surface area contributed by atoms with Gasteiger partial charge in [-0.3, -0.25) is 4.21 Å². The van der Waals surface area contributed by atoms with E-state index in [0.717, 1.165) is 29.8 Å². The van der Waals surface area contributed by atoms with Gasteiger partial charge in [-0.2, -0.15) is 0 Å². The Hall–Kier alpha value is -1.43. The van der Waals surface area contributed by atoms with Gasteiger partial charge in [0.15, 0.2) is 5.82 Å². The molecule has 98 valence electrons. The maximum atomic E-state index is 11.3. The zero-order valence-corrected chi connectivity index (χ0v) is 11.7. The molecule has 5 nitrogen and oxygen atoms in total. The summed E-state index contributed by atoms with van der Waals surface area (Å²) in [5.74, 6) is 0.794. The highest BCUT2D eigenvalue weighted by Gasteiger charge is 2.08. The number of nitrogens with one attached hydrogen (secondary N) is 1. The monoisotopic (exact) mass is 266 g/mol. The molecule has 0 aromatic carbocycles. The Bertz CT molecular complexity index is 566. The Balaban J connectivity index is 2.06. The average molecular weight is 266 g/mol. The van der Waals surface area contributed by atoms with Gasteiger partial charge in [-0.05, 0) is 12.5 Å². The van der Waals surface area contributed by atoms with Gasteiger partial charge in [0.2, 0.25) is 0 Å². The van der Waals surface area contributed by atoms with Gasteiger partial charge in [0.05, 0.1) is 11.8 Å². The van der Waals surface area contributed by atoms with Crippen molar-refractivity contribution in [3.63, 3.8) is 0 Å². The van der Waals surface area contributed by atoms with Crippen molar-refractivity contribution < 1.29 is 4.21 Å². The minimum atomic E-state index is -0.771. The fourth-order valence-electron chi connectivity index (χ4n) is 1.75. The number of anilines is 1. The molecule has 2 rings (SSSR count). The summed E-state index contributed by atoms with van der Waals surface area (Å²) in [4.78, 5) is 8.63. The van der Waals surface area contributed by atoms with E-state index in [1.54, 1.807) is 18.8 Å². The summed E-state index contributed by atoms with van der Waals surface area (Å²) >= 11 is 0. The third kappa shape index (κ3) is 2.69. The van der Waals surface area contributed by atoms with E-state index in [2.05, 4.69) is 15.3 Å². The van der Waals surface area contributed by atoms with Crippen LogP contribution in [0.4, 0.5) is 5.82 Å². The second kappa shape index (κ2) is 5.48. The van der Waals surface area contributed by atoms with E-state index in [4.69, 9.17) is 0 Å². The molecule has 0 aliphatic rings. The Morgan fingerprint density at radius 2 is 2.28 bits per heavy atom. The van der Waals surface area contributed by atoms with Gasteiger partial charge in [-0.15, -0.1) is 0 Å². The lowest BCUT2D eigenvalue weighted by molar-refractivity contribution is 0.672. The van der Waals surface area contributed by atoms with Gasteiger partial charge >= 0.3 is 0 Å². The third-order valence-corrected chi connectivity index (χ3v) is 4.42. The largest absolute Gasteiger partial charge is 0.368 e. The lowest BCUT2D eigenvalue weighted by atomic mass is 10.3. The number of aryl methyl sites for hydroxylation is 1. The van der Waals surface area contributed by atoms with E-state index < -0.39 is 10.8 Å². The van der Waals surface area contributed by atoms with Crippen LogP contribution in [0.25, 0.3) is 11.0 Å². The van der Waals surface area contributed by atoms with Crippen molar-refractivity contribution in [2.75, 3.05) is 18.1 Å². The third-order valence-electron chi connectivity index (χ3n) is 3.05. The minimum absolute atomic E-state index is 0.195. The number of hydrogen-bond donors (Lipinski definition) is 1. The molecule has 0 aliphatic heterocycles. The summed E-state index contributed by atoms with van der Waals surface area (Å²) in [6.45, 7) is 2.75. The molecular formula is C12H18N4OS. The Morgan fingerprint density at radius 3 is 3.00 bits per heavy atom. The van der Waals surface area contributed by atoms with Crippen molar-refractivity contribution in [2.45, 2.75) is 18.6 Å². The van der Waals surface area contributed by atoms with Gasteiger partial charge in [-0.25, -0.2) is 9.97 Å². The molecule has 0 saturated heterocycles. The van der Waals surface area contributed by atoms with Crippen LogP contribution in [0.1, 0.15) is 13.3 Å². The van der Waals surface area contributed by atoms with Gasteiger partial charge in [-0.1, -0.05) is 6.92 Å². The number of pyridine rings is 1. The first-order valence-corrected chi connectivity index (χ1v) is 7.54. The molecule has 6 heteroatoms. The molecule has 0 fully saturated rings. The Morgan fingerprint density at radius 1 is 1.50 bits per heavy atom. The molecule has 2 aromatic rings. The molecule has 0 spiro atoms. The molecule has 2 atom stereocenters. The van der Waals surface area contributed by atoms with Crippen LogP contribution in [0.5, 0.6) is 0 Å². The van der Waals surface area contributed by atoms with Gasteiger partial charge in [0.1, 0.15) is 5.52 Å². The molecule has 0 bridgehead atoms. The smallest absolute Gasteiger partial charge is 0.154 e. The fraction of sp³-hybridized carbons (Fsp3) is 0.500. The summed E-state index contributed by atoms with van der Waals surface area (Å²) in [7, 11) is 1.19. The summed E-state index contributed by atoms with van der Waals surface area (Å²) in [5.41, 5.74) is 1.94. The van der Waals surface area contributed by atoms with Crippen LogP contribution in [0, 0.1) is 0 Å². The number of hydrogen-bond acceptors (Lipinski definition) is 4. The number of fused-ring (bicyclic) bond motifs is 1. The molecule has 2 heterocycles. The molecule has 0 amide bonds. The number of nitrogens with zero attached hydrogens (tertiary/aromatic N) is 3. The van der Waals surface area contributed by atoms with E-state index in [1.807, 2.05) is 24.6 Å². The molecule has 2 unspecified atom stereocenters. The van der Waals surface area contributed by atoms with E-state index in [-0.39, 0.29) is 5.25 Å². The topological polar surface area (TPSA) is 59.8 Å². The van der Waals surface area contributed by atoms with Crippen molar-refractivity contribution in [3.8, 4) is 0 Å².